The van der Waals surface area contributed by atoms with Gasteiger partial charge in [-0.05, 0) is 36.8 Å². The van der Waals surface area contributed by atoms with Crippen LogP contribution in [0.5, 0.6) is 10.9 Å². The third kappa shape index (κ3) is 5.35. The molecule has 1 aliphatic rings. The highest BCUT2D eigenvalue weighted by Gasteiger charge is 2.26. The summed E-state index contributed by atoms with van der Waals surface area (Å²) in [7, 11) is 0. The molecule has 4 rings (SSSR count). The van der Waals surface area contributed by atoms with Gasteiger partial charge in [0.15, 0.2) is 5.82 Å². The van der Waals surface area contributed by atoms with Crippen molar-refractivity contribution in [3.63, 3.8) is 0 Å². The molecule has 0 aliphatic carbocycles. The van der Waals surface area contributed by atoms with Crippen molar-refractivity contribution >= 4 is 27.5 Å². The molecule has 0 saturated carbocycles. The number of carbonyl (C=O) groups is 1. The minimum Gasteiger partial charge on any atom is -0.494 e. The molecule has 1 aliphatic heterocycles. The van der Waals surface area contributed by atoms with Crippen LogP contribution in [0.2, 0.25) is 0 Å². The van der Waals surface area contributed by atoms with Gasteiger partial charge in [0.1, 0.15) is 23.2 Å². The number of ether oxygens (including phenoxy) is 2. The van der Waals surface area contributed by atoms with Gasteiger partial charge in [-0.3, -0.25) is 4.79 Å². The fourth-order valence-corrected chi connectivity index (χ4v) is 4.65. The van der Waals surface area contributed by atoms with Gasteiger partial charge in [-0.15, -0.1) is 0 Å². The molecule has 1 amide bonds. The molecule has 0 atom stereocenters. The molecule has 1 aromatic heterocycles. The van der Waals surface area contributed by atoms with Crippen LogP contribution >= 0.6 is 11.3 Å². The Kier molecular flexibility index (Phi) is 7.19. The summed E-state index contributed by atoms with van der Waals surface area (Å²) in [6, 6.07) is 9.35. The normalized spacial score (nSPS) is 14.7. The monoisotopic (exact) mass is 460 g/mol. The first-order valence-electron chi connectivity index (χ1n) is 11.0. The number of hydrogen-bond acceptors (Lipinski definition) is 5. The summed E-state index contributed by atoms with van der Waals surface area (Å²) < 4.78 is 39.3. The molecule has 32 heavy (non-hydrogen) atoms. The Morgan fingerprint density at radius 1 is 1.16 bits per heavy atom. The number of hydrogen-bond donors (Lipinski definition) is 0. The molecule has 0 bridgehead atoms. The molecule has 0 N–H and O–H groups in total. The van der Waals surface area contributed by atoms with Gasteiger partial charge in [0, 0.05) is 37.6 Å². The lowest BCUT2D eigenvalue weighted by Crippen LogP contribution is -2.41. The molecular weight excluding hydrogens is 434 g/mol. The average Bonchev–Trinajstić information content (AvgIpc) is 3.20. The fraction of sp³-hybridized carbons (Fsp3) is 0.417. The van der Waals surface area contributed by atoms with E-state index in [1.165, 1.54) is 6.07 Å². The van der Waals surface area contributed by atoms with Crippen molar-refractivity contribution in [3.05, 3.63) is 53.6 Å². The number of thiazole rings is 1. The smallest absolute Gasteiger partial charge is 0.274 e. The third-order valence-corrected chi connectivity index (χ3v) is 6.40. The summed E-state index contributed by atoms with van der Waals surface area (Å²) in [4.78, 5) is 18.8. The maximum atomic E-state index is 13.9. The Balaban J connectivity index is 1.29. The predicted octanol–water partition coefficient (Wildman–Crippen LogP) is 5.83. The van der Waals surface area contributed by atoms with Crippen LogP contribution in [0.25, 0.3) is 10.2 Å². The first-order chi connectivity index (χ1) is 15.5. The van der Waals surface area contributed by atoms with Crippen LogP contribution < -0.4 is 9.47 Å². The second kappa shape index (κ2) is 10.3. The fourth-order valence-electron chi connectivity index (χ4n) is 3.72. The summed E-state index contributed by atoms with van der Waals surface area (Å²) in [6.45, 7) is 3.96. The highest BCUT2D eigenvalue weighted by Crippen LogP contribution is 2.32. The van der Waals surface area contributed by atoms with E-state index in [0.29, 0.717) is 48.0 Å². The van der Waals surface area contributed by atoms with Crippen LogP contribution in [0.1, 0.15) is 49.4 Å². The number of rotatable bonds is 8. The van der Waals surface area contributed by atoms with Crippen molar-refractivity contribution in [3.8, 4) is 10.9 Å². The topological polar surface area (TPSA) is 51.7 Å². The number of piperidine rings is 1. The standard InChI is InChI=1S/C24H26F2N2O3S/c1-2-3-4-13-30-18-7-5-16(6-8-18)23(29)28-11-9-19(10-12-28)31-24-27-22-20(26)14-17(25)15-21(22)32-24/h5-8,14-15,19H,2-4,9-13H2,1H3. The number of fused-ring (bicyclic) bond motifs is 1. The van der Waals surface area contributed by atoms with Crippen LogP contribution in [-0.4, -0.2) is 41.6 Å². The maximum Gasteiger partial charge on any atom is 0.274 e. The number of nitrogens with zero attached hydrogens (tertiary/aromatic N) is 2. The molecule has 0 unspecified atom stereocenters. The van der Waals surface area contributed by atoms with Crippen molar-refractivity contribution in [2.75, 3.05) is 19.7 Å². The van der Waals surface area contributed by atoms with Gasteiger partial charge in [0.2, 0.25) is 0 Å². The van der Waals surface area contributed by atoms with Crippen LogP contribution in [0.3, 0.4) is 0 Å². The minimum absolute atomic E-state index is 0.0153. The number of amides is 1. The quantitative estimate of drug-likeness (QED) is 0.397. The van der Waals surface area contributed by atoms with E-state index in [1.807, 2.05) is 17.0 Å². The van der Waals surface area contributed by atoms with E-state index in [0.717, 1.165) is 42.4 Å². The van der Waals surface area contributed by atoms with E-state index >= 15 is 0 Å². The first-order valence-corrected chi connectivity index (χ1v) is 11.8. The van der Waals surface area contributed by atoms with Gasteiger partial charge in [-0.1, -0.05) is 31.1 Å². The van der Waals surface area contributed by atoms with Crippen molar-refractivity contribution in [1.82, 2.24) is 9.88 Å². The number of aromatic nitrogens is 1. The Morgan fingerprint density at radius 3 is 2.62 bits per heavy atom. The Morgan fingerprint density at radius 2 is 1.91 bits per heavy atom. The summed E-state index contributed by atoms with van der Waals surface area (Å²) in [5.41, 5.74) is 0.755. The van der Waals surface area contributed by atoms with Gasteiger partial charge in [0.25, 0.3) is 11.1 Å². The summed E-state index contributed by atoms with van der Waals surface area (Å²) in [5, 5.41) is 0.323. The van der Waals surface area contributed by atoms with E-state index < -0.39 is 11.6 Å². The maximum absolute atomic E-state index is 13.9. The zero-order valence-electron chi connectivity index (χ0n) is 18.0. The second-order valence-corrected chi connectivity index (χ2v) is 8.90. The molecule has 0 radical (unpaired) electrons. The lowest BCUT2D eigenvalue weighted by molar-refractivity contribution is 0.0595. The molecule has 8 heteroatoms. The van der Waals surface area contributed by atoms with E-state index in [-0.39, 0.29) is 17.5 Å². The van der Waals surface area contributed by atoms with Gasteiger partial charge < -0.3 is 14.4 Å². The highest BCUT2D eigenvalue weighted by atomic mass is 32.1. The van der Waals surface area contributed by atoms with Crippen molar-refractivity contribution < 1.29 is 23.0 Å². The molecule has 2 aromatic carbocycles. The lowest BCUT2D eigenvalue weighted by atomic mass is 10.1. The zero-order valence-corrected chi connectivity index (χ0v) is 18.8. The van der Waals surface area contributed by atoms with Gasteiger partial charge in [-0.2, -0.15) is 4.98 Å². The van der Waals surface area contributed by atoms with Crippen molar-refractivity contribution in [2.45, 2.75) is 45.1 Å². The molecule has 1 fully saturated rings. The third-order valence-electron chi connectivity index (χ3n) is 5.51. The molecule has 0 spiro atoms. The average molecular weight is 461 g/mol. The highest BCUT2D eigenvalue weighted by molar-refractivity contribution is 7.20. The van der Waals surface area contributed by atoms with E-state index in [1.54, 1.807) is 12.1 Å². The lowest BCUT2D eigenvalue weighted by Gasteiger charge is -2.31. The number of unbranched alkanes of at least 4 members (excludes halogenated alkanes) is 2. The van der Waals surface area contributed by atoms with Gasteiger partial charge in [0.05, 0.1) is 11.3 Å². The molecule has 2 heterocycles. The Labute approximate surface area is 190 Å². The van der Waals surface area contributed by atoms with E-state index in [4.69, 9.17) is 9.47 Å². The molecule has 1 saturated heterocycles. The summed E-state index contributed by atoms with van der Waals surface area (Å²) >= 11 is 1.13. The minimum atomic E-state index is -0.691. The summed E-state index contributed by atoms with van der Waals surface area (Å²) in [5.74, 6) is -0.563. The van der Waals surface area contributed by atoms with Gasteiger partial charge in [-0.25, -0.2) is 8.78 Å². The Bertz CT molecular complexity index is 1060. The molecule has 5 nitrogen and oxygen atoms in total. The van der Waals surface area contributed by atoms with Gasteiger partial charge >= 0.3 is 0 Å². The number of halogens is 2. The largest absolute Gasteiger partial charge is 0.494 e. The van der Waals surface area contributed by atoms with Crippen molar-refractivity contribution in [2.24, 2.45) is 0 Å². The molecule has 170 valence electrons. The van der Waals surface area contributed by atoms with Crippen LogP contribution in [0, 0.1) is 11.6 Å². The van der Waals surface area contributed by atoms with E-state index in [2.05, 4.69) is 11.9 Å². The van der Waals surface area contributed by atoms with E-state index in [9.17, 15) is 13.6 Å². The second-order valence-electron chi connectivity index (χ2n) is 7.90. The molecule has 3 aromatic rings. The SMILES string of the molecule is CCCCCOc1ccc(C(=O)N2CCC(Oc3nc4c(F)cc(F)cc4s3)CC2)cc1. The van der Waals surface area contributed by atoms with Crippen molar-refractivity contribution in [1.29, 1.82) is 0 Å². The van der Waals surface area contributed by atoms with Crippen LogP contribution in [-0.2, 0) is 0 Å². The summed E-state index contributed by atoms with van der Waals surface area (Å²) in [6.07, 6.45) is 4.50. The number of carbonyl (C=O) groups excluding carboxylic acids is 1. The van der Waals surface area contributed by atoms with Crippen LogP contribution in [0.4, 0.5) is 8.78 Å². The molecular formula is C24H26F2N2O3S. The Hall–Kier alpha value is -2.74. The van der Waals surface area contributed by atoms with Crippen LogP contribution in [0.15, 0.2) is 36.4 Å². The zero-order chi connectivity index (χ0) is 22.5. The number of likely N-dealkylation sites (tertiary alicyclic amines) is 1. The first kappa shape index (κ1) is 22.5. The predicted molar refractivity (Wildman–Crippen MR) is 121 cm³/mol. The number of benzene rings is 2.